The van der Waals surface area contributed by atoms with E-state index in [1.807, 2.05) is 41.3 Å². The Kier molecular flexibility index (Phi) is 6.61. The van der Waals surface area contributed by atoms with Gasteiger partial charge in [0.05, 0.1) is 26.4 Å². The van der Waals surface area contributed by atoms with Crippen LogP contribution in [0, 0.1) is 0 Å². The molecule has 0 atom stereocenters. The number of hydrogen-bond acceptors (Lipinski definition) is 5. The van der Waals surface area contributed by atoms with Crippen molar-refractivity contribution in [3.63, 3.8) is 0 Å². The van der Waals surface area contributed by atoms with Crippen LogP contribution in [-0.2, 0) is 15.9 Å². The largest absolute Gasteiger partial charge is 0.491 e. The number of nitrogens with zero attached hydrogens (tertiary/aromatic N) is 1. The average Bonchev–Trinajstić information content (AvgIpc) is 2.79. The first-order valence-electron chi connectivity index (χ1n) is 10.3. The SMILES string of the molecule is O=C1NCCOCCOc2ccc(C(=O)N3CCOCC3)cc2Cc2cccc1c2. The van der Waals surface area contributed by atoms with Crippen molar-refractivity contribution in [1.82, 2.24) is 10.2 Å². The van der Waals surface area contributed by atoms with Crippen molar-refractivity contribution in [2.75, 3.05) is 52.7 Å². The molecule has 1 N–H and O–H groups in total. The molecule has 7 heteroatoms. The Morgan fingerprint density at radius 2 is 1.77 bits per heavy atom. The molecule has 2 aliphatic heterocycles. The van der Waals surface area contributed by atoms with Crippen LogP contribution in [0.2, 0.25) is 0 Å². The highest BCUT2D eigenvalue weighted by Crippen LogP contribution is 2.25. The fraction of sp³-hybridized carbons (Fsp3) is 0.391. The third-order valence-electron chi connectivity index (χ3n) is 5.21. The second-order valence-electron chi connectivity index (χ2n) is 7.32. The van der Waals surface area contributed by atoms with Gasteiger partial charge in [-0.1, -0.05) is 12.1 Å². The highest BCUT2D eigenvalue weighted by Gasteiger charge is 2.20. The minimum Gasteiger partial charge on any atom is -0.491 e. The van der Waals surface area contributed by atoms with Crippen LogP contribution in [0.3, 0.4) is 0 Å². The van der Waals surface area contributed by atoms with Crippen LogP contribution in [-0.4, -0.2) is 69.4 Å². The molecule has 158 valence electrons. The Balaban J connectivity index is 1.63. The summed E-state index contributed by atoms with van der Waals surface area (Å²) in [5.41, 5.74) is 3.12. The third kappa shape index (κ3) is 4.98. The van der Waals surface area contributed by atoms with E-state index in [1.54, 1.807) is 6.07 Å². The van der Waals surface area contributed by atoms with Gasteiger partial charge in [-0.15, -0.1) is 0 Å². The van der Waals surface area contributed by atoms with Crippen molar-refractivity contribution in [2.45, 2.75) is 6.42 Å². The molecule has 4 rings (SSSR count). The number of benzene rings is 2. The van der Waals surface area contributed by atoms with Gasteiger partial charge in [0.1, 0.15) is 12.4 Å². The Bertz CT molecular complexity index is 908. The predicted octanol–water partition coefficient (Wildman–Crippen LogP) is 1.89. The van der Waals surface area contributed by atoms with E-state index in [9.17, 15) is 9.59 Å². The van der Waals surface area contributed by atoms with Crippen LogP contribution in [0.4, 0.5) is 0 Å². The summed E-state index contributed by atoms with van der Waals surface area (Å²) in [5.74, 6) is 0.603. The fourth-order valence-corrected chi connectivity index (χ4v) is 3.63. The summed E-state index contributed by atoms with van der Waals surface area (Å²) in [5, 5.41) is 2.86. The zero-order chi connectivity index (χ0) is 20.8. The Morgan fingerprint density at radius 3 is 2.63 bits per heavy atom. The fourth-order valence-electron chi connectivity index (χ4n) is 3.63. The lowest BCUT2D eigenvalue weighted by atomic mass is 9.99. The highest BCUT2D eigenvalue weighted by atomic mass is 16.5. The zero-order valence-corrected chi connectivity index (χ0v) is 16.9. The molecule has 0 aliphatic carbocycles. The topological polar surface area (TPSA) is 77.1 Å². The van der Waals surface area contributed by atoms with E-state index in [2.05, 4.69) is 5.32 Å². The Labute approximate surface area is 175 Å². The number of carbonyl (C=O) groups excluding carboxylic acids is 2. The van der Waals surface area contributed by atoms with Crippen LogP contribution in [0.25, 0.3) is 0 Å². The van der Waals surface area contributed by atoms with Crippen LogP contribution < -0.4 is 10.1 Å². The van der Waals surface area contributed by atoms with E-state index in [-0.39, 0.29) is 11.8 Å². The molecule has 1 fully saturated rings. The molecule has 0 spiro atoms. The number of ether oxygens (including phenoxy) is 3. The van der Waals surface area contributed by atoms with Crippen molar-refractivity contribution in [2.24, 2.45) is 0 Å². The van der Waals surface area contributed by atoms with Gasteiger partial charge in [-0.3, -0.25) is 9.59 Å². The number of carbonyl (C=O) groups is 2. The van der Waals surface area contributed by atoms with Gasteiger partial charge in [0.25, 0.3) is 11.8 Å². The lowest BCUT2D eigenvalue weighted by Crippen LogP contribution is -2.40. The predicted molar refractivity (Wildman–Crippen MR) is 111 cm³/mol. The minimum atomic E-state index is -0.120. The third-order valence-corrected chi connectivity index (χ3v) is 5.21. The molecule has 0 unspecified atom stereocenters. The molecule has 0 radical (unpaired) electrons. The second-order valence-corrected chi connectivity index (χ2v) is 7.32. The summed E-state index contributed by atoms with van der Waals surface area (Å²) in [7, 11) is 0. The highest BCUT2D eigenvalue weighted by molar-refractivity contribution is 5.95. The maximum atomic E-state index is 12.9. The van der Waals surface area contributed by atoms with Gasteiger partial charge < -0.3 is 24.4 Å². The summed E-state index contributed by atoms with van der Waals surface area (Å²) in [6.07, 6.45) is 0.557. The minimum absolute atomic E-state index is 0.00281. The van der Waals surface area contributed by atoms with E-state index < -0.39 is 0 Å². The number of fused-ring (bicyclic) bond motifs is 3. The van der Waals surface area contributed by atoms with Crippen LogP contribution in [0.15, 0.2) is 42.5 Å². The Hall–Kier alpha value is -2.90. The number of morpholine rings is 1. The maximum Gasteiger partial charge on any atom is 0.254 e. The molecule has 7 nitrogen and oxygen atoms in total. The smallest absolute Gasteiger partial charge is 0.254 e. The van der Waals surface area contributed by atoms with Gasteiger partial charge in [0.2, 0.25) is 0 Å². The summed E-state index contributed by atoms with van der Waals surface area (Å²) in [4.78, 5) is 27.1. The van der Waals surface area contributed by atoms with Gasteiger partial charge >= 0.3 is 0 Å². The monoisotopic (exact) mass is 410 g/mol. The summed E-state index contributed by atoms with van der Waals surface area (Å²) >= 11 is 0. The molecule has 30 heavy (non-hydrogen) atoms. The van der Waals surface area contributed by atoms with Gasteiger partial charge in [-0.25, -0.2) is 0 Å². The second kappa shape index (κ2) is 9.73. The van der Waals surface area contributed by atoms with Gasteiger partial charge in [0, 0.05) is 37.2 Å². The van der Waals surface area contributed by atoms with Crippen molar-refractivity contribution >= 4 is 11.8 Å². The quantitative estimate of drug-likeness (QED) is 0.777. The molecule has 2 amide bonds. The van der Waals surface area contributed by atoms with Crippen molar-refractivity contribution in [3.05, 3.63) is 64.7 Å². The normalized spacial score (nSPS) is 17.9. The molecule has 2 aliphatic rings. The zero-order valence-electron chi connectivity index (χ0n) is 16.9. The summed E-state index contributed by atoms with van der Waals surface area (Å²) in [6.45, 7) is 4.03. The number of hydrogen-bond donors (Lipinski definition) is 1. The van der Waals surface area contributed by atoms with E-state index in [0.717, 1.165) is 16.9 Å². The number of nitrogens with one attached hydrogen (secondary N) is 1. The lowest BCUT2D eigenvalue weighted by Gasteiger charge is -2.27. The van der Waals surface area contributed by atoms with Crippen molar-refractivity contribution in [1.29, 1.82) is 0 Å². The molecule has 0 aromatic heterocycles. The lowest BCUT2D eigenvalue weighted by molar-refractivity contribution is 0.0303. The van der Waals surface area contributed by atoms with Gasteiger partial charge in [0.15, 0.2) is 0 Å². The first-order chi connectivity index (χ1) is 14.7. The standard InChI is InChI=1S/C23H26N2O5/c26-22-18-3-1-2-17(14-18)15-20-16-19(23(27)25-7-10-29-11-8-25)4-5-21(20)30-13-12-28-9-6-24-22/h1-5,14,16H,6-13,15H2,(H,24,26). The van der Waals surface area contributed by atoms with Crippen LogP contribution >= 0.6 is 0 Å². The van der Waals surface area contributed by atoms with Gasteiger partial charge in [-0.2, -0.15) is 0 Å². The molecular weight excluding hydrogens is 384 g/mol. The number of amides is 2. The van der Waals surface area contributed by atoms with E-state index in [4.69, 9.17) is 14.2 Å². The molecule has 2 heterocycles. The molecule has 2 aromatic rings. The van der Waals surface area contributed by atoms with Crippen LogP contribution in [0.5, 0.6) is 5.75 Å². The summed E-state index contributed by atoms with van der Waals surface area (Å²) in [6, 6.07) is 13.1. The average molecular weight is 410 g/mol. The van der Waals surface area contributed by atoms with Gasteiger partial charge in [-0.05, 0) is 41.5 Å². The van der Waals surface area contributed by atoms with E-state index in [1.165, 1.54) is 0 Å². The summed E-state index contributed by atoms with van der Waals surface area (Å²) < 4.78 is 16.8. The molecule has 0 saturated carbocycles. The molecular formula is C23H26N2O5. The van der Waals surface area contributed by atoms with Crippen molar-refractivity contribution in [3.8, 4) is 5.75 Å². The van der Waals surface area contributed by atoms with E-state index in [0.29, 0.717) is 70.2 Å². The Morgan fingerprint density at radius 1 is 0.933 bits per heavy atom. The first-order valence-corrected chi connectivity index (χ1v) is 10.3. The maximum absolute atomic E-state index is 12.9. The first kappa shape index (κ1) is 20.4. The van der Waals surface area contributed by atoms with Crippen LogP contribution in [0.1, 0.15) is 31.8 Å². The molecule has 2 bridgehead atoms. The van der Waals surface area contributed by atoms with Crippen molar-refractivity contribution < 1.29 is 23.8 Å². The molecule has 1 saturated heterocycles. The van der Waals surface area contributed by atoms with E-state index >= 15 is 0 Å². The number of rotatable bonds is 1. The molecule has 2 aromatic carbocycles.